The van der Waals surface area contributed by atoms with E-state index in [2.05, 4.69) is 15.5 Å². The van der Waals surface area contributed by atoms with E-state index in [4.69, 9.17) is 23.2 Å². The maximum atomic E-state index is 12.0. The molecule has 6 heteroatoms. The number of hydrogen-bond donors (Lipinski definition) is 2. The molecule has 4 nitrogen and oxygen atoms in total. The van der Waals surface area contributed by atoms with Gasteiger partial charge >= 0.3 is 0 Å². The summed E-state index contributed by atoms with van der Waals surface area (Å²) in [5.74, 6) is -0.0449. The monoisotopic (exact) mass is 315 g/mol. The summed E-state index contributed by atoms with van der Waals surface area (Å²) in [7, 11) is 1.98. The second kappa shape index (κ2) is 7.27. The number of halogens is 2. The number of hydrogen-bond acceptors (Lipinski definition) is 3. The number of carbonyl (C=O) groups excluding carboxylic acids is 1. The standard InChI is InChI=1S/C14H19Cl2N3O/c1-19(11-3-2-6-17-8-11)9-14(20)18-10-4-5-12(15)13(16)7-10/h4-5,7,11,17H,2-3,6,8-9H2,1H3,(H,18,20). The van der Waals surface area contributed by atoms with Crippen molar-refractivity contribution in [2.75, 3.05) is 32.0 Å². The van der Waals surface area contributed by atoms with Gasteiger partial charge in [-0.15, -0.1) is 0 Å². The average molecular weight is 316 g/mol. The van der Waals surface area contributed by atoms with Crippen LogP contribution < -0.4 is 10.6 Å². The summed E-state index contributed by atoms with van der Waals surface area (Å²) in [5.41, 5.74) is 0.666. The molecule has 1 aliphatic rings. The zero-order valence-corrected chi connectivity index (χ0v) is 13.0. The van der Waals surface area contributed by atoms with Crippen LogP contribution in [-0.2, 0) is 4.79 Å². The normalized spacial score (nSPS) is 19.1. The van der Waals surface area contributed by atoms with Crippen LogP contribution in [0.25, 0.3) is 0 Å². The fourth-order valence-corrected chi connectivity index (χ4v) is 2.64. The molecule has 1 fully saturated rings. The van der Waals surface area contributed by atoms with Crippen LogP contribution in [0.3, 0.4) is 0 Å². The molecule has 1 aliphatic heterocycles. The van der Waals surface area contributed by atoms with Crippen molar-refractivity contribution in [3.63, 3.8) is 0 Å². The van der Waals surface area contributed by atoms with E-state index in [-0.39, 0.29) is 5.91 Å². The number of anilines is 1. The van der Waals surface area contributed by atoms with E-state index in [1.807, 2.05) is 7.05 Å². The van der Waals surface area contributed by atoms with Crippen LogP contribution >= 0.6 is 23.2 Å². The highest BCUT2D eigenvalue weighted by molar-refractivity contribution is 6.42. The van der Waals surface area contributed by atoms with Crippen molar-refractivity contribution in [2.45, 2.75) is 18.9 Å². The van der Waals surface area contributed by atoms with Crippen LogP contribution in [-0.4, -0.2) is 43.5 Å². The molecule has 110 valence electrons. The van der Waals surface area contributed by atoms with E-state index in [1.54, 1.807) is 18.2 Å². The molecule has 0 radical (unpaired) electrons. The number of likely N-dealkylation sites (N-methyl/N-ethyl adjacent to an activating group) is 1. The Labute approximate surface area is 129 Å². The van der Waals surface area contributed by atoms with Crippen molar-refractivity contribution in [3.05, 3.63) is 28.2 Å². The Morgan fingerprint density at radius 1 is 1.45 bits per heavy atom. The summed E-state index contributed by atoms with van der Waals surface area (Å²) in [6.45, 7) is 2.38. The maximum Gasteiger partial charge on any atom is 0.238 e. The van der Waals surface area contributed by atoms with Gasteiger partial charge in [-0.25, -0.2) is 0 Å². The van der Waals surface area contributed by atoms with Crippen molar-refractivity contribution < 1.29 is 4.79 Å². The molecule has 2 rings (SSSR count). The maximum absolute atomic E-state index is 12.0. The first kappa shape index (κ1) is 15.6. The Morgan fingerprint density at radius 2 is 2.25 bits per heavy atom. The average Bonchev–Trinajstić information content (AvgIpc) is 2.44. The minimum Gasteiger partial charge on any atom is -0.325 e. The summed E-state index contributed by atoms with van der Waals surface area (Å²) >= 11 is 11.8. The fourth-order valence-electron chi connectivity index (χ4n) is 2.34. The molecule has 20 heavy (non-hydrogen) atoms. The second-order valence-corrected chi connectivity index (χ2v) is 5.91. The van der Waals surface area contributed by atoms with Gasteiger partial charge in [0, 0.05) is 18.3 Å². The summed E-state index contributed by atoms with van der Waals surface area (Å²) in [6.07, 6.45) is 2.28. The Bertz CT molecular complexity index is 475. The Morgan fingerprint density at radius 3 is 2.90 bits per heavy atom. The largest absolute Gasteiger partial charge is 0.325 e. The van der Waals surface area contributed by atoms with Gasteiger partial charge in [0.1, 0.15) is 0 Å². The SMILES string of the molecule is CN(CC(=O)Nc1ccc(Cl)c(Cl)c1)C1CCCNC1. The summed E-state index contributed by atoms with van der Waals surface area (Å²) in [6, 6.07) is 5.50. The minimum absolute atomic E-state index is 0.0449. The van der Waals surface area contributed by atoms with Gasteiger partial charge in [-0.1, -0.05) is 23.2 Å². The number of piperidine rings is 1. The second-order valence-electron chi connectivity index (χ2n) is 5.09. The summed E-state index contributed by atoms with van der Waals surface area (Å²) < 4.78 is 0. The smallest absolute Gasteiger partial charge is 0.238 e. The molecule has 0 saturated carbocycles. The highest BCUT2D eigenvalue weighted by atomic mass is 35.5. The van der Waals surface area contributed by atoms with Crippen LogP contribution in [0.2, 0.25) is 10.0 Å². The zero-order chi connectivity index (χ0) is 14.5. The number of nitrogens with one attached hydrogen (secondary N) is 2. The molecular formula is C14H19Cl2N3O. The van der Waals surface area contributed by atoms with E-state index in [0.717, 1.165) is 25.9 Å². The lowest BCUT2D eigenvalue weighted by Crippen LogP contribution is -2.46. The number of nitrogens with zero attached hydrogens (tertiary/aromatic N) is 1. The van der Waals surface area contributed by atoms with Gasteiger partial charge in [-0.05, 0) is 44.6 Å². The highest BCUT2D eigenvalue weighted by Gasteiger charge is 2.19. The Hall–Kier alpha value is -0.810. The number of benzene rings is 1. The van der Waals surface area contributed by atoms with Crippen molar-refractivity contribution in [1.29, 1.82) is 0 Å². The predicted octanol–water partition coefficient (Wildman–Crippen LogP) is 2.62. The van der Waals surface area contributed by atoms with E-state index >= 15 is 0 Å². The molecule has 0 spiro atoms. The van der Waals surface area contributed by atoms with Gasteiger partial charge in [0.25, 0.3) is 0 Å². The lowest BCUT2D eigenvalue weighted by molar-refractivity contribution is -0.117. The third kappa shape index (κ3) is 4.35. The van der Waals surface area contributed by atoms with Gasteiger partial charge < -0.3 is 10.6 Å². The molecule has 1 saturated heterocycles. The van der Waals surface area contributed by atoms with Crippen molar-refractivity contribution >= 4 is 34.8 Å². The van der Waals surface area contributed by atoms with Crippen LogP contribution in [0.15, 0.2) is 18.2 Å². The molecule has 0 aliphatic carbocycles. The van der Waals surface area contributed by atoms with Gasteiger partial charge in [0.2, 0.25) is 5.91 Å². The number of amides is 1. The molecule has 1 heterocycles. The van der Waals surface area contributed by atoms with Crippen molar-refractivity contribution in [1.82, 2.24) is 10.2 Å². The fraction of sp³-hybridized carbons (Fsp3) is 0.500. The van der Waals surface area contributed by atoms with Gasteiger partial charge in [0.15, 0.2) is 0 Å². The molecule has 0 bridgehead atoms. The highest BCUT2D eigenvalue weighted by Crippen LogP contribution is 2.24. The summed E-state index contributed by atoms with van der Waals surface area (Å²) in [4.78, 5) is 14.1. The van der Waals surface area contributed by atoms with Gasteiger partial charge in [-0.3, -0.25) is 9.69 Å². The zero-order valence-electron chi connectivity index (χ0n) is 11.5. The molecule has 1 aromatic rings. The summed E-state index contributed by atoms with van der Waals surface area (Å²) in [5, 5.41) is 7.10. The van der Waals surface area contributed by atoms with E-state index in [0.29, 0.717) is 28.3 Å². The lowest BCUT2D eigenvalue weighted by atomic mass is 10.1. The first-order chi connectivity index (χ1) is 9.56. The number of rotatable bonds is 4. The third-order valence-corrected chi connectivity index (χ3v) is 4.23. The molecule has 0 aromatic heterocycles. The quantitative estimate of drug-likeness (QED) is 0.897. The number of carbonyl (C=O) groups is 1. The molecule has 2 N–H and O–H groups in total. The Kier molecular flexibility index (Phi) is 5.66. The third-order valence-electron chi connectivity index (χ3n) is 3.49. The van der Waals surface area contributed by atoms with Crippen LogP contribution in [0.1, 0.15) is 12.8 Å². The first-order valence-electron chi connectivity index (χ1n) is 6.72. The topological polar surface area (TPSA) is 44.4 Å². The Balaban J connectivity index is 1.86. The molecule has 1 aromatic carbocycles. The molecule has 1 atom stereocenters. The van der Waals surface area contributed by atoms with E-state index in [9.17, 15) is 4.79 Å². The van der Waals surface area contributed by atoms with Crippen LogP contribution in [0.4, 0.5) is 5.69 Å². The van der Waals surface area contributed by atoms with E-state index in [1.165, 1.54) is 0 Å². The first-order valence-corrected chi connectivity index (χ1v) is 7.47. The van der Waals surface area contributed by atoms with Crippen LogP contribution in [0.5, 0.6) is 0 Å². The molecule has 1 amide bonds. The van der Waals surface area contributed by atoms with E-state index < -0.39 is 0 Å². The lowest BCUT2D eigenvalue weighted by Gasteiger charge is -2.31. The predicted molar refractivity (Wildman–Crippen MR) is 83.6 cm³/mol. The molecular weight excluding hydrogens is 297 g/mol. The van der Waals surface area contributed by atoms with Gasteiger partial charge in [0.05, 0.1) is 16.6 Å². The van der Waals surface area contributed by atoms with Crippen molar-refractivity contribution in [2.24, 2.45) is 0 Å². The molecule has 1 unspecified atom stereocenters. The van der Waals surface area contributed by atoms with Gasteiger partial charge in [-0.2, -0.15) is 0 Å². The van der Waals surface area contributed by atoms with Crippen molar-refractivity contribution in [3.8, 4) is 0 Å². The minimum atomic E-state index is -0.0449. The van der Waals surface area contributed by atoms with Crippen LogP contribution in [0, 0.1) is 0 Å².